The maximum Gasteiger partial charge on any atom is 0.125 e. The summed E-state index contributed by atoms with van der Waals surface area (Å²) in [6, 6.07) is 2.40. The minimum absolute atomic E-state index is 0.245. The molecule has 1 aliphatic rings. The van der Waals surface area contributed by atoms with Gasteiger partial charge in [-0.2, -0.15) is 5.26 Å². The van der Waals surface area contributed by atoms with Gasteiger partial charge in [-0.25, -0.2) is 0 Å². The third-order valence-corrected chi connectivity index (χ3v) is 4.82. The number of hydrogen-bond donors (Lipinski definition) is 0. The number of methoxy groups -OCH3 is 1. The van der Waals surface area contributed by atoms with Gasteiger partial charge in [-0.15, -0.1) is 0 Å². The van der Waals surface area contributed by atoms with Gasteiger partial charge in [0.15, 0.2) is 0 Å². The van der Waals surface area contributed by atoms with Crippen LogP contribution >= 0.6 is 11.6 Å². The van der Waals surface area contributed by atoms with Crippen LogP contribution in [0.2, 0.25) is 5.02 Å². The predicted octanol–water partition coefficient (Wildman–Crippen LogP) is 4.29. The van der Waals surface area contributed by atoms with Crippen LogP contribution in [0, 0.1) is 37.5 Å². The van der Waals surface area contributed by atoms with Crippen LogP contribution in [-0.4, -0.2) is 7.11 Å². The Hall–Kier alpha value is -1.20. The van der Waals surface area contributed by atoms with Gasteiger partial charge in [0, 0.05) is 16.5 Å². The molecule has 1 aromatic carbocycles. The van der Waals surface area contributed by atoms with Crippen molar-refractivity contribution >= 4 is 11.6 Å². The summed E-state index contributed by atoms with van der Waals surface area (Å²) in [6.07, 6.45) is 0.888. The molecule has 0 bridgehead atoms. The van der Waals surface area contributed by atoms with Crippen molar-refractivity contribution in [3.05, 3.63) is 27.3 Å². The van der Waals surface area contributed by atoms with Crippen molar-refractivity contribution in [2.24, 2.45) is 5.41 Å². The van der Waals surface area contributed by atoms with Gasteiger partial charge in [0.05, 0.1) is 18.6 Å². The monoisotopic (exact) mass is 263 g/mol. The number of ether oxygens (including phenoxy) is 1. The zero-order valence-corrected chi connectivity index (χ0v) is 12.3. The lowest BCUT2D eigenvalue weighted by molar-refractivity contribution is 0.404. The highest BCUT2D eigenvalue weighted by atomic mass is 35.5. The van der Waals surface area contributed by atoms with Crippen molar-refractivity contribution in [1.82, 2.24) is 0 Å². The lowest BCUT2D eigenvalue weighted by Gasteiger charge is -2.19. The lowest BCUT2D eigenvalue weighted by Crippen LogP contribution is -2.03. The summed E-state index contributed by atoms with van der Waals surface area (Å²) in [5.41, 5.74) is 4.06. The number of benzene rings is 1. The second kappa shape index (κ2) is 4.17. The van der Waals surface area contributed by atoms with E-state index < -0.39 is 0 Å². The Morgan fingerprint density at radius 1 is 1.28 bits per heavy atom. The molecule has 1 aromatic rings. The number of halogens is 1. The lowest BCUT2D eigenvalue weighted by atomic mass is 9.92. The van der Waals surface area contributed by atoms with Crippen molar-refractivity contribution in [2.75, 3.05) is 7.11 Å². The molecule has 0 aromatic heterocycles. The fraction of sp³-hybridized carbons (Fsp3) is 0.533. The molecule has 2 rings (SSSR count). The molecule has 0 aliphatic heterocycles. The van der Waals surface area contributed by atoms with E-state index in [1.54, 1.807) is 7.11 Å². The summed E-state index contributed by atoms with van der Waals surface area (Å²) < 4.78 is 5.56. The van der Waals surface area contributed by atoms with Crippen LogP contribution in [0.1, 0.15) is 41.5 Å². The van der Waals surface area contributed by atoms with Crippen LogP contribution < -0.4 is 4.74 Å². The summed E-state index contributed by atoms with van der Waals surface area (Å²) in [4.78, 5) is 0. The Morgan fingerprint density at radius 2 is 1.89 bits per heavy atom. The first kappa shape index (κ1) is 13.2. The van der Waals surface area contributed by atoms with E-state index in [0.717, 1.165) is 39.4 Å². The summed E-state index contributed by atoms with van der Waals surface area (Å²) in [7, 11) is 1.69. The second-order valence-corrected chi connectivity index (χ2v) is 5.80. The van der Waals surface area contributed by atoms with Crippen LogP contribution in [-0.2, 0) is 0 Å². The van der Waals surface area contributed by atoms with E-state index in [4.69, 9.17) is 16.3 Å². The molecule has 1 aliphatic carbocycles. The molecule has 0 heterocycles. The number of rotatable bonds is 2. The maximum absolute atomic E-state index is 9.22. The van der Waals surface area contributed by atoms with Crippen LogP contribution in [0.15, 0.2) is 0 Å². The Bertz CT molecular complexity index is 559. The Labute approximate surface area is 114 Å². The molecule has 1 saturated carbocycles. The first-order valence-electron chi connectivity index (χ1n) is 6.11. The molecule has 1 fully saturated rings. The van der Waals surface area contributed by atoms with Crippen molar-refractivity contribution < 1.29 is 4.74 Å². The van der Waals surface area contributed by atoms with Gasteiger partial charge in [-0.1, -0.05) is 11.6 Å². The quantitative estimate of drug-likeness (QED) is 0.797. The summed E-state index contributed by atoms with van der Waals surface area (Å²) >= 11 is 6.39. The number of nitrogens with zero attached hydrogens (tertiary/aromatic N) is 1. The highest BCUT2D eigenvalue weighted by molar-refractivity contribution is 6.32. The first-order valence-corrected chi connectivity index (χ1v) is 6.49. The minimum atomic E-state index is -0.261. The summed E-state index contributed by atoms with van der Waals surface area (Å²) in [5.74, 6) is 1.15. The second-order valence-electron chi connectivity index (χ2n) is 5.42. The van der Waals surface area contributed by atoms with Crippen LogP contribution in [0.25, 0.3) is 0 Å². The van der Waals surface area contributed by atoms with Crippen molar-refractivity contribution in [2.45, 2.75) is 40.0 Å². The number of hydrogen-bond acceptors (Lipinski definition) is 2. The topological polar surface area (TPSA) is 33.0 Å². The maximum atomic E-state index is 9.22. The Balaban J connectivity index is 2.65. The van der Waals surface area contributed by atoms with Crippen LogP contribution in [0.5, 0.6) is 5.75 Å². The molecule has 2 nitrogen and oxygen atoms in total. The van der Waals surface area contributed by atoms with E-state index in [-0.39, 0.29) is 11.3 Å². The van der Waals surface area contributed by atoms with Crippen molar-refractivity contribution in [1.29, 1.82) is 5.26 Å². The molecule has 0 N–H and O–H groups in total. The van der Waals surface area contributed by atoms with E-state index in [2.05, 4.69) is 6.07 Å². The molecular weight excluding hydrogens is 246 g/mol. The predicted molar refractivity (Wildman–Crippen MR) is 73.3 cm³/mol. The molecular formula is C15H18ClNO. The normalized spacial score (nSPS) is 25.7. The van der Waals surface area contributed by atoms with Crippen molar-refractivity contribution in [3.63, 3.8) is 0 Å². The molecule has 0 saturated heterocycles. The molecule has 2 unspecified atom stereocenters. The molecule has 2 atom stereocenters. The van der Waals surface area contributed by atoms with Gasteiger partial charge in [0.1, 0.15) is 5.75 Å². The summed E-state index contributed by atoms with van der Waals surface area (Å²) in [6.45, 7) is 8.05. The fourth-order valence-corrected chi connectivity index (χ4v) is 2.94. The molecule has 0 amide bonds. The van der Waals surface area contributed by atoms with Gasteiger partial charge < -0.3 is 4.74 Å². The number of nitriles is 1. The largest absolute Gasteiger partial charge is 0.496 e. The smallest absolute Gasteiger partial charge is 0.125 e. The van der Waals surface area contributed by atoms with Gasteiger partial charge in [-0.3, -0.25) is 0 Å². The SMILES string of the molecule is COc1c(C)c(C)c(Cl)c(C)c1C1CC1(C)C#N. The highest BCUT2D eigenvalue weighted by Gasteiger charge is 2.53. The standard InChI is InChI=1S/C15H18ClNO/c1-8-9(2)14(18-5)12(10(3)13(8)16)11-6-15(11,4)7-17/h11H,6H2,1-5H3. The molecule has 0 spiro atoms. The average molecular weight is 264 g/mol. The van der Waals surface area contributed by atoms with E-state index in [1.165, 1.54) is 0 Å². The van der Waals surface area contributed by atoms with Crippen LogP contribution in [0.4, 0.5) is 0 Å². The zero-order valence-electron chi connectivity index (χ0n) is 11.5. The first-order chi connectivity index (χ1) is 8.37. The van der Waals surface area contributed by atoms with Gasteiger partial charge in [-0.05, 0) is 50.8 Å². The molecule has 96 valence electrons. The average Bonchev–Trinajstić information content (AvgIpc) is 3.03. The molecule has 0 radical (unpaired) electrons. The Morgan fingerprint density at radius 3 is 2.33 bits per heavy atom. The molecule has 3 heteroatoms. The minimum Gasteiger partial charge on any atom is -0.496 e. The molecule has 18 heavy (non-hydrogen) atoms. The Kier molecular flexibility index (Phi) is 3.07. The fourth-order valence-electron chi connectivity index (χ4n) is 2.70. The summed E-state index contributed by atoms with van der Waals surface area (Å²) in [5, 5.41) is 10.0. The van der Waals surface area contributed by atoms with Gasteiger partial charge in [0.2, 0.25) is 0 Å². The highest BCUT2D eigenvalue weighted by Crippen LogP contribution is 2.62. The third kappa shape index (κ3) is 1.69. The van der Waals surface area contributed by atoms with Crippen LogP contribution in [0.3, 0.4) is 0 Å². The van der Waals surface area contributed by atoms with E-state index in [9.17, 15) is 5.26 Å². The van der Waals surface area contributed by atoms with E-state index in [0.29, 0.717) is 0 Å². The van der Waals surface area contributed by atoms with E-state index >= 15 is 0 Å². The van der Waals surface area contributed by atoms with Gasteiger partial charge in [0.25, 0.3) is 0 Å². The van der Waals surface area contributed by atoms with E-state index in [1.807, 2.05) is 27.7 Å². The third-order valence-electron chi connectivity index (χ3n) is 4.26. The van der Waals surface area contributed by atoms with Crippen molar-refractivity contribution in [3.8, 4) is 11.8 Å². The van der Waals surface area contributed by atoms with Gasteiger partial charge >= 0.3 is 0 Å². The zero-order chi connectivity index (χ0) is 13.7.